The third-order valence-electron chi connectivity index (χ3n) is 6.72. The predicted molar refractivity (Wildman–Crippen MR) is 112 cm³/mol. The van der Waals surface area contributed by atoms with E-state index in [0.717, 1.165) is 17.9 Å². The Bertz CT molecular complexity index is 965. The third kappa shape index (κ3) is 4.06. The van der Waals surface area contributed by atoms with Gasteiger partial charge in [0, 0.05) is 19.0 Å². The quantitative estimate of drug-likeness (QED) is 0.679. The lowest BCUT2D eigenvalue weighted by atomic mass is 9.77. The topological polar surface area (TPSA) is 116 Å². The standard InChI is InChI=1S/C21H28N4O5S/c1-15-7-11-21(12-8-15)19(27)25(20(28)22-21)23-18(26)16-9-13-24(14-10-16)31(29,30)17-5-3-2-4-6-17/h2-6,15-16H,7-14H2,1H3,(H,22,28)(H,23,26). The van der Waals surface area contributed by atoms with Gasteiger partial charge in [0.1, 0.15) is 5.54 Å². The van der Waals surface area contributed by atoms with Gasteiger partial charge in [-0.3, -0.25) is 15.0 Å². The zero-order valence-electron chi connectivity index (χ0n) is 17.5. The molecule has 3 aliphatic rings. The maximum atomic E-state index is 12.9. The van der Waals surface area contributed by atoms with Gasteiger partial charge in [-0.25, -0.2) is 13.2 Å². The van der Waals surface area contributed by atoms with Gasteiger partial charge in [0.2, 0.25) is 15.9 Å². The van der Waals surface area contributed by atoms with Gasteiger partial charge in [-0.05, 0) is 56.6 Å². The number of carbonyl (C=O) groups is 3. The highest BCUT2D eigenvalue weighted by Crippen LogP contribution is 2.36. The van der Waals surface area contributed by atoms with Crippen LogP contribution in [0.5, 0.6) is 0 Å². The number of carbonyl (C=O) groups excluding carboxylic acids is 3. The molecule has 31 heavy (non-hydrogen) atoms. The van der Waals surface area contributed by atoms with Crippen LogP contribution in [0.4, 0.5) is 4.79 Å². The fourth-order valence-electron chi connectivity index (χ4n) is 4.62. The Morgan fingerprint density at radius 2 is 1.68 bits per heavy atom. The van der Waals surface area contributed by atoms with Crippen molar-refractivity contribution in [3.05, 3.63) is 30.3 Å². The first kappa shape index (κ1) is 21.8. The van der Waals surface area contributed by atoms with Crippen LogP contribution in [0.1, 0.15) is 45.4 Å². The lowest BCUT2D eigenvalue weighted by molar-refractivity contribution is -0.142. The van der Waals surface area contributed by atoms with E-state index in [0.29, 0.717) is 31.6 Å². The highest BCUT2D eigenvalue weighted by molar-refractivity contribution is 7.89. The van der Waals surface area contributed by atoms with Gasteiger partial charge in [-0.2, -0.15) is 9.31 Å². The molecule has 1 aromatic carbocycles. The summed E-state index contributed by atoms with van der Waals surface area (Å²) in [6.07, 6.45) is 3.49. The smallest absolute Gasteiger partial charge is 0.322 e. The van der Waals surface area contributed by atoms with E-state index in [2.05, 4.69) is 17.7 Å². The van der Waals surface area contributed by atoms with Crippen molar-refractivity contribution in [2.45, 2.75) is 55.9 Å². The van der Waals surface area contributed by atoms with Gasteiger partial charge in [-0.1, -0.05) is 25.1 Å². The lowest BCUT2D eigenvalue weighted by Crippen LogP contribution is -2.53. The van der Waals surface area contributed by atoms with E-state index in [1.54, 1.807) is 30.3 Å². The van der Waals surface area contributed by atoms with Crippen LogP contribution in [0.25, 0.3) is 0 Å². The Kier molecular flexibility index (Phi) is 5.78. The molecule has 2 heterocycles. The summed E-state index contributed by atoms with van der Waals surface area (Å²) in [4.78, 5) is 38.3. The monoisotopic (exact) mass is 448 g/mol. The molecule has 0 radical (unpaired) electrons. The van der Waals surface area contributed by atoms with Crippen LogP contribution in [0, 0.1) is 11.8 Å². The summed E-state index contributed by atoms with van der Waals surface area (Å²) in [7, 11) is -3.60. The second-order valence-electron chi connectivity index (χ2n) is 8.80. The molecule has 0 unspecified atom stereocenters. The average molecular weight is 449 g/mol. The zero-order chi connectivity index (χ0) is 22.2. The minimum absolute atomic E-state index is 0.206. The first-order chi connectivity index (χ1) is 14.7. The second kappa shape index (κ2) is 8.23. The van der Waals surface area contributed by atoms with Gasteiger partial charge < -0.3 is 5.32 Å². The maximum absolute atomic E-state index is 12.9. The molecule has 9 nitrogen and oxygen atoms in total. The molecule has 0 bridgehead atoms. The van der Waals surface area contributed by atoms with Crippen molar-refractivity contribution in [3.63, 3.8) is 0 Å². The molecule has 4 amide bonds. The number of nitrogens with one attached hydrogen (secondary N) is 2. The average Bonchev–Trinajstić information content (AvgIpc) is 3.00. The van der Waals surface area contributed by atoms with Gasteiger partial charge in [0.25, 0.3) is 5.91 Å². The number of sulfonamides is 1. The molecule has 2 N–H and O–H groups in total. The summed E-state index contributed by atoms with van der Waals surface area (Å²) in [5.74, 6) is -0.787. The summed E-state index contributed by atoms with van der Waals surface area (Å²) in [6.45, 7) is 2.53. The van der Waals surface area contributed by atoms with Crippen LogP contribution in [0.2, 0.25) is 0 Å². The van der Waals surface area contributed by atoms with E-state index in [4.69, 9.17) is 0 Å². The lowest BCUT2D eigenvalue weighted by Gasteiger charge is -2.33. The number of piperidine rings is 1. The number of hydrogen-bond donors (Lipinski definition) is 2. The molecule has 168 valence electrons. The molecule has 0 aromatic heterocycles. The van der Waals surface area contributed by atoms with Crippen molar-refractivity contribution >= 4 is 27.9 Å². The molecule has 1 aromatic rings. The molecule has 10 heteroatoms. The van der Waals surface area contributed by atoms with Gasteiger partial charge in [0.15, 0.2) is 0 Å². The van der Waals surface area contributed by atoms with Crippen molar-refractivity contribution < 1.29 is 22.8 Å². The summed E-state index contributed by atoms with van der Waals surface area (Å²) in [5, 5.41) is 3.59. The van der Waals surface area contributed by atoms with E-state index in [9.17, 15) is 22.8 Å². The van der Waals surface area contributed by atoms with Crippen molar-refractivity contribution in [1.29, 1.82) is 0 Å². The zero-order valence-corrected chi connectivity index (χ0v) is 18.4. The van der Waals surface area contributed by atoms with E-state index >= 15 is 0 Å². The Morgan fingerprint density at radius 1 is 1.06 bits per heavy atom. The fourth-order valence-corrected chi connectivity index (χ4v) is 6.11. The molecule has 0 atom stereocenters. The highest BCUT2D eigenvalue weighted by atomic mass is 32.2. The Labute approximate surface area is 182 Å². The molecule has 1 spiro atoms. The molecule has 2 aliphatic heterocycles. The fraction of sp³-hybridized carbons (Fsp3) is 0.571. The van der Waals surface area contributed by atoms with E-state index in [-0.39, 0.29) is 18.0 Å². The van der Waals surface area contributed by atoms with Crippen molar-refractivity contribution in [3.8, 4) is 0 Å². The van der Waals surface area contributed by atoms with Crippen molar-refractivity contribution in [2.24, 2.45) is 11.8 Å². The number of rotatable bonds is 4. The Hall–Kier alpha value is -2.46. The molecular weight excluding hydrogens is 420 g/mol. The number of hydrogen-bond acceptors (Lipinski definition) is 5. The summed E-state index contributed by atoms with van der Waals surface area (Å²) < 4.78 is 26.9. The third-order valence-corrected chi connectivity index (χ3v) is 8.63. The number of nitrogens with zero attached hydrogens (tertiary/aromatic N) is 2. The van der Waals surface area contributed by atoms with Crippen molar-refractivity contribution in [2.75, 3.05) is 13.1 Å². The molecular formula is C21H28N4O5S. The van der Waals surface area contributed by atoms with Crippen LogP contribution in [0.15, 0.2) is 35.2 Å². The SMILES string of the molecule is CC1CCC2(CC1)NC(=O)N(NC(=O)C1CCN(S(=O)(=O)c3ccccc3)CC1)C2=O. The molecule has 1 saturated carbocycles. The number of imide groups is 1. The van der Waals surface area contributed by atoms with E-state index in [1.807, 2.05) is 0 Å². The minimum Gasteiger partial charge on any atom is -0.322 e. The molecule has 4 rings (SSSR count). The van der Waals surface area contributed by atoms with Gasteiger partial charge in [-0.15, -0.1) is 0 Å². The normalized spacial score (nSPS) is 28.0. The van der Waals surface area contributed by atoms with Crippen LogP contribution in [-0.4, -0.2) is 54.2 Å². The first-order valence-corrected chi connectivity index (χ1v) is 12.2. The number of amides is 4. The van der Waals surface area contributed by atoms with Gasteiger partial charge >= 0.3 is 6.03 Å². The molecule has 1 aliphatic carbocycles. The van der Waals surface area contributed by atoms with Crippen LogP contribution < -0.4 is 10.7 Å². The number of urea groups is 1. The highest BCUT2D eigenvalue weighted by Gasteiger charge is 2.53. The van der Waals surface area contributed by atoms with Crippen LogP contribution in [0.3, 0.4) is 0 Å². The summed E-state index contributed by atoms with van der Waals surface area (Å²) >= 11 is 0. The van der Waals surface area contributed by atoms with Crippen LogP contribution in [-0.2, 0) is 19.6 Å². The van der Waals surface area contributed by atoms with Crippen LogP contribution >= 0.6 is 0 Å². The van der Waals surface area contributed by atoms with Gasteiger partial charge in [0.05, 0.1) is 4.90 Å². The van der Waals surface area contributed by atoms with E-state index in [1.165, 1.54) is 4.31 Å². The Morgan fingerprint density at radius 3 is 2.29 bits per heavy atom. The predicted octanol–water partition coefficient (Wildman–Crippen LogP) is 1.62. The number of hydrazine groups is 1. The second-order valence-corrected chi connectivity index (χ2v) is 10.7. The number of benzene rings is 1. The molecule has 3 fully saturated rings. The maximum Gasteiger partial charge on any atom is 0.344 e. The summed E-state index contributed by atoms with van der Waals surface area (Å²) in [5.41, 5.74) is 1.57. The summed E-state index contributed by atoms with van der Waals surface area (Å²) in [6, 6.07) is 7.59. The Balaban J connectivity index is 1.35. The minimum atomic E-state index is -3.60. The largest absolute Gasteiger partial charge is 0.344 e. The van der Waals surface area contributed by atoms with Crippen molar-refractivity contribution in [1.82, 2.24) is 20.1 Å². The molecule has 2 saturated heterocycles. The first-order valence-electron chi connectivity index (χ1n) is 10.8. The van der Waals surface area contributed by atoms with E-state index < -0.39 is 39.3 Å².